The lowest BCUT2D eigenvalue weighted by Gasteiger charge is -2.02. The first-order chi connectivity index (χ1) is 5.91. The summed E-state index contributed by atoms with van der Waals surface area (Å²) in [6.07, 6.45) is 5.60. The lowest BCUT2D eigenvalue weighted by Crippen LogP contribution is -2.21. The van der Waals surface area contributed by atoms with Crippen LogP contribution in [0, 0.1) is 0 Å². The summed E-state index contributed by atoms with van der Waals surface area (Å²) in [6, 6.07) is 0. The zero-order chi connectivity index (χ0) is 9.07. The van der Waals surface area contributed by atoms with Gasteiger partial charge in [0.1, 0.15) is 0 Å². The summed E-state index contributed by atoms with van der Waals surface area (Å²) in [6.45, 7) is 5.10. The van der Waals surface area contributed by atoms with Gasteiger partial charge in [-0.15, -0.1) is 0 Å². The molecule has 0 spiro atoms. The fourth-order valence-electron chi connectivity index (χ4n) is 0.999. The van der Waals surface area contributed by atoms with E-state index >= 15 is 0 Å². The van der Waals surface area contributed by atoms with E-state index in [1.807, 2.05) is 0 Å². The number of rotatable bonds is 9. The fraction of sp³-hybridized carbons (Fsp3) is 0.889. The highest BCUT2D eigenvalue weighted by atomic mass is 16.1. The monoisotopic (exact) mass is 172 g/mol. The summed E-state index contributed by atoms with van der Waals surface area (Å²) in [5.74, 6) is 0. The molecule has 0 bridgehead atoms. The van der Waals surface area contributed by atoms with Gasteiger partial charge in [-0.2, -0.15) is 0 Å². The minimum absolute atomic E-state index is 0.747. The van der Waals surface area contributed by atoms with Gasteiger partial charge in [0, 0.05) is 6.54 Å². The van der Waals surface area contributed by atoms with E-state index in [0.29, 0.717) is 0 Å². The Morgan fingerprint density at radius 3 is 2.50 bits per heavy atom. The van der Waals surface area contributed by atoms with Crippen LogP contribution in [0.4, 0.5) is 0 Å². The standard InChI is InChI=1S/C9H20N2O/c1-2-3-4-6-10-7-5-8-11-9-12/h9-10H,2-8H2,1H3,(H,11,12). The zero-order valence-corrected chi connectivity index (χ0v) is 7.94. The molecule has 0 aliphatic carbocycles. The Morgan fingerprint density at radius 2 is 1.83 bits per heavy atom. The lowest BCUT2D eigenvalue weighted by atomic mass is 10.2. The van der Waals surface area contributed by atoms with Crippen LogP contribution in [0.15, 0.2) is 0 Å². The predicted octanol–water partition coefficient (Wildman–Crippen LogP) is 0.902. The van der Waals surface area contributed by atoms with E-state index in [2.05, 4.69) is 17.6 Å². The first-order valence-corrected chi connectivity index (χ1v) is 4.79. The van der Waals surface area contributed by atoms with E-state index in [-0.39, 0.29) is 0 Å². The molecule has 0 aromatic carbocycles. The smallest absolute Gasteiger partial charge is 0.207 e. The number of amides is 1. The van der Waals surface area contributed by atoms with E-state index in [9.17, 15) is 4.79 Å². The third-order valence-corrected chi connectivity index (χ3v) is 1.72. The van der Waals surface area contributed by atoms with Crippen LogP contribution in [0.2, 0.25) is 0 Å². The van der Waals surface area contributed by atoms with Crippen molar-refractivity contribution in [1.29, 1.82) is 0 Å². The lowest BCUT2D eigenvalue weighted by molar-refractivity contribution is -0.109. The predicted molar refractivity (Wildman–Crippen MR) is 51.1 cm³/mol. The molecule has 12 heavy (non-hydrogen) atoms. The van der Waals surface area contributed by atoms with Crippen molar-refractivity contribution in [1.82, 2.24) is 10.6 Å². The third kappa shape index (κ3) is 9.43. The van der Waals surface area contributed by atoms with Gasteiger partial charge in [0.25, 0.3) is 0 Å². The van der Waals surface area contributed by atoms with Crippen LogP contribution in [0.3, 0.4) is 0 Å². The molecule has 3 heteroatoms. The van der Waals surface area contributed by atoms with E-state index in [1.54, 1.807) is 0 Å². The molecule has 0 aliphatic heterocycles. The van der Waals surface area contributed by atoms with Crippen LogP contribution >= 0.6 is 0 Å². The molecule has 0 unspecified atom stereocenters. The number of hydrogen-bond acceptors (Lipinski definition) is 2. The van der Waals surface area contributed by atoms with Gasteiger partial charge in [-0.1, -0.05) is 19.8 Å². The van der Waals surface area contributed by atoms with Gasteiger partial charge in [-0.25, -0.2) is 0 Å². The molecule has 3 nitrogen and oxygen atoms in total. The normalized spacial score (nSPS) is 9.75. The molecule has 0 saturated heterocycles. The SMILES string of the molecule is CCCCCNCCCNC=O. The summed E-state index contributed by atoms with van der Waals surface area (Å²) in [4.78, 5) is 9.85. The second-order valence-corrected chi connectivity index (χ2v) is 2.88. The van der Waals surface area contributed by atoms with Gasteiger partial charge in [0.05, 0.1) is 0 Å². The zero-order valence-electron chi connectivity index (χ0n) is 7.94. The van der Waals surface area contributed by atoms with Gasteiger partial charge in [0.2, 0.25) is 6.41 Å². The number of hydrogen-bond donors (Lipinski definition) is 2. The molecule has 0 aromatic rings. The molecule has 0 heterocycles. The molecule has 0 atom stereocenters. The highest BCUT2D eigenvalue weighted by Gasteiger charge is 1.87. The number of carbonyl (C=O) groups is 1. The van der Waals surface area contributed by atoms with E-state index in [1.165, 1.54) is 19.3 Å². The average Bonchev–Trinajstić information content (AvgIpc) is 2.10. The quantitative estimate of drug-likeness (QED) is 0.401. The van der Waals surface area contributed by atoms with Gasteiger partial charge < -0.3 is 10.6 Å². The molecular formula is C9H20N2O. The Hall–Kier alpha value is -0.570. The number of nitrogens with one attached hydrogen (secondary N) is 2. The fourth-order valence-corrected chi connectivity index (χ4v) is 0.999. The molecule has 2 N–H and O–H groups in total. The van der Waals surface area contributed by atoms with Crippen LogP contribution in [0.25, 0.3) is 0 Å². The Balaban J connectivity index is 2.77. The van der Waals surface area contributed by atoms with Crippen LogP contribution in [0.5, 0.6) is 0 Å². The molecule has 0 saturated carbocycles. The van der Waals surface area contributed by atoms with Crippen molar-refractivity contribution >= 4 is 6.41 Å². The van der Waals surface area contributed by atoms with Gasteiger partial charge in [-0.05, 0) is 25.9 Å². The summed E-state index contributed by atoms with van der Waals surface area (Å²) >= 11 is 0. The largest absolute Gasteiger partial charge is 0.359 e. The Labute approximate surface area is 74.9 Å². The second-order valence-electron chi connectivity index (χ2n) is 2.88. The van der Waals surface area contributed by atoms with Crippen molar-refractivity contribution < 1.29 is 4.79 Å². The molecule has 0 rings (SSSR count). The van der Waals surface area contributed by atoms with Crippen molar-refractivity contribution in [3.63, 3.8) is 0 Å². The van der Waals surface area contributed by atoms with Crippen molar-refractivity contribution in [2.24, 2.45) is 0 Å². The van der Waals surface area contributed by atoms with Crippen LogP contribution in [0.1, 0.15) is 32.6 Å². The minimum atomic E-state index is 0.747. The highest BCUT2D eigenvalue weighted by molar-refractivity contribution is 5.45. The maximum Gasteiger partial charge on any atom is 0.207 e. The van der Waals surface area contributed by atoms with Crippen LogP contribution in [-0.4, -0.2) is 26.0 Å². The van der Waals surface area contributed by atoms with Crippen molar-refractivity contribution in [2.75, 3.05) is 19.6 Å². The first kappa shape index (κ1) is 11.4. The Bertz CT molecular complexity index is 96.5. The second kappa shape index (κ2) is 10.4. The van der Waals surface area contributed by atoms with Crippen LogP contribution < -0.4 is 10.6 Å². The highest BCUT2D eigenvalue weighted by Crippen LogP contribution is 1.90. The van der Waals surface area contributed by atoms with E-state index in [0.717, 1.165) is 32.5 Å². The summed E-state index contributed by atoms with van der Waals surface area (Å²) < 4.78 is 0. The summed E-state index contributed by atoms with van der Waals surface area (Å²) in [7, 11) is 0. The van der Waals surface area contributed by atoms with Gasteiger partial charge >= 0.3 is 0 Å². The topological polar surface area (TPSA) is 41.1 Å². The number of carbonyl (C=O) groups excluding carboxylic acids is 1. The molecule has 0 fully saturated rings. The van der Waals surface area contributed by atoms with Crippen molar-refractivity contribution in [3.05, 3.63) is 0 Å². The Morgan fingerprint density at radius 1 is 1.08 bits per heavy atom. The Kier molecular flexibility index (Phi) is 9.93. The maximum atomic E-state index is 9.85. The maximum absolute atomic E-state index is 9.85. The molecule has 0 radical (unpaired) electrons. The summed E-state index contributed by atoms with van der Waals surface area (Å²) in [5, 5.41) is 5.95. The van der Waals surface area contributed by atoms with E-state index < -0.39 is 0 Å². The van der Waals surface area contributed by atoms with E-state index in [4.69, 9.17) is 0 Å². The first-order valence-electron chi connectivity index (χ1n) is 4.79. The van der Waals surface area contributed by atoms with Crippen LogP contribution in [-0.2, 0) is 4.79 Å². The summed E-state index contributed by atoms with van der Waals surface area (Å²) in [5.41, 5.74) is 0. The van der Waals surface area contributed by atoms with Gasteiger partial charge in [0.15, 0.2) is 0 Å². The molecule has 1 amide bonds. The van der Waals surface area contributed by atoms with Crippen molar-refractivity contribution in [3.8, 4) is 0 Å². The third-order valence-electron chi connectivity index (χ3n) is 1.72. The molecule has 0 aromatic heterocycles. The number of unbranched alkanes of at least 4 members (excludes halogenated alkanes) is 2. The van der Waals surface area contributed by atoms with Crippen molar-refractivity contribution in [2.45, 2.75) is 32.6 Å². The van der Waals surface area contributed by atoms with Gasteiger partial charge in [-0.3, -0.25) is 4.79 Å². The molecule has 0 aliphatic rings. The molecule has 72 valence electrons. The minimum Gasteiger partial charge on any atom is -0.359 e. The molecular weight excluding hydrogens is 152 g/mol. The average molecular weight is 172 g/mol.